The Morgan fingerprint density at radius 3 is 2.33 bits per heavy atom. The lowest BCUT2D eigenvalue weighted by Gasteiger charge is -2.10. The van der Waals surface area contributed by atoms with Crippen LogP contribution in [0.25, 0.3) is 0 Å². The smallest absolute Gasteiger partial charge is 0.325 e. The van der Waals surface area contributed by atoms with Gasteiger partial charge in [0.1, 0.15) is 0 Å². The van der Waals surface area contributed by atoms with E-state index in [1.807, 2.05) is 32.0 Å². The molecule has 0 aliphatic rings. The first-order valence-corrected chi connectivity index (χ1v) is 9.37. The minimum absolute atomic E-state index is 0.0809. The molecule has 2 N–H and O–H groups in total. The number of esters is 1. The number of methoxy groups -OCH3 is 2. The van der Waals surface area contributed by atoms with Crippen molar-refractivity contribution in [3.63, 3.8) is 0 Å². The normalized spacial score (nSPS) is 10.1. The molecule has 160 valence electrons. The van der Waals surface area contributed by atoms with Gasteiger partial charge >= 0.3 is 12.0 Å². The zero-order chi connectivity index (χ0) is 22.1. The van der Waals surface area contributed by atoms with Gasteiger partial charge < -0.3 is 19.5 Å². The minimum Gasteiger partial charge on any atom is -0.493 e. The number of carbonyl (C=O) groups is 3. The topological polar surface area (TPSA) is 103 Å². The van der Waals surface area contributed by atoms with E-state index in [-0.39, 0.29) is 6.42 Å². The fourth-order valence-electron chi connectivity index (χ4n) is 2.77. The molecule has 0 atom stereocenters. The molecule has 0 radical (unpaired) electrons. The number of carbonyl (C=O) groups excluding carboxylic acids is 3. The Morgan fingerprint density at radius 2 is 1.67 bits per heavy atom. The summed E-state index contributed by atoms with van der Waals surface area (Å²) in [6, 6.07) is 10.2. The molecule has 30 heavy (non-hydrogen) atoms. The summed E-state index contributed by atoms with van der Waals surface area (Å²) in [5.74, 6) is -0.0939. The van der Waals surface area contributed by atoms with Gasteiger partial charge in [-0.1, -0.05) is 23.8 Å². The van der Waals surface area contributed by atoms with Crippen LogP contribution >= 0.6 is 0 Å². The maximum absolute atomic E-state index is 11.9. The number of imide groups is 1. The molecule has 0 spiro atoms. The average Bonchev–Trinajstić information content (AvgIpc) is 2.72. The molecule has 8 heteroatoms. The van der Waals surface area contributed by atoms with E-state index in [1.165, 1.54) is 7.11 Å². The van der Waals surface area contributed by atoms with Crippen molar-refractivity contribution in [1.82, 2.24) is 5.32 Å². The molecule has 2 aromatic carbocycles. The zero-order valence-electron chi connectivity index (χ0n) is 17.5. The Morgan fingerprint density at radius 1 is 0.933 bits per heavy atom. The first-order valence-electron chi connectivity index (χ1n) is 9.37. The van der Waals surface area contributed by atoms with Crippen LogP contribution in [0.1, 0.15) is 23.1 Å². The summed E-state index contributed by atoms with van der Waals surface area (Å²) in [5.41, 5.74) is 3.40. The highest BCUT2D eigenvalue weighted by Gasteiger charge is 2.13. The Bertz CT molecular complexity index is 926. The summed E-state index contributed by atoms with van der Waals surface area (Å²) in [6.45, 7) is 3.26. The van der Waals surface area contributed by atoms with E-state index in [2.05, 4.69) is 10.6 Å². The van der Waals surface area contributed by atoms with Crippen LogP contribution in [0.2, 0.25) is 0 Å². The van der Waals surface area contributed by atoms with E-state index >= 15 is 0 Å². The highest BCUT2D eigenvalue weighted by atomic mass is 16.5. The van der Waals surface area contributed by atoms with Gasteiger partial charge in [-0.05, 0) is 49.6 Å². The summed E-state index contributed by atoms with van der Waals surface area (Å²) in [6.07, 6.45) is 0.492. The van der Waals surface area contributed by atoms with Crippen molar-refractivity contribution >= 4 is 23.6 Å². The molecule has 0 unspecified atom stereocenters. The van der Waals surface area contributed by atoms with E-state index in [0.29, 0.717) is 23.6 Å². The van der Waals surface area contributed by atoms with Gasteiger partial charge in [0.2, 0.25) is 0 Å². The summed E-state index contributed by atoms with van der Waals surface area (Å²) in [7, 11) is 3.08. The fraction of sp³-hybridized carbons (Fsp3) is 0.318. The van der Waals surface area contributed by atoms with Crippen LogP contribution in [0.3, 0.4) is 0 Å². The van der Waals surface area contributed by atoms with Crippen molar-refractivity contribution in [2.45, 2.75) is 26.7 Å². The lowest BCUT2D eigenvalue weighted by Crippen LogP contribution is -2.37. The largest absolute Gasteiger partial charge is 0.493 e. The number of ether oxygens (including phenoxy) is 3. The Kier molecular flexibility index (Phi) is 8.22. The van der Waals surface area contributed by atoms with E-state index in [9.17, 15) is 14.4 Å². The van der Waals surface area contributed by atoms with Crippen molar-refractivity contribution in [2.75, 3.05) is 26.1 Å². The van der Waals surface area contributed by atoms with Gasteiger partial charge in [-0.15, -0.1) is 0 Å². The number of hydrogen-bond donors (Lipinski definition) is 2. The second-order valence-electron chi connectivity index (χ2n) is 6.67. The summed E-state index contributed by atoms with van der Waals surface area (Å²) in [4.78, 5) is 35.7. The van der Waals surface area contributed by atoms with Crippen LogP contribution in [-0.4, -0.2) is 38.7 Å². The molecule has 0 aliphatic heterocycles. The SMILES string of the molecule is COc1ccc(CCC(=O)OCC(=O)NC(=O)Nc2ccc(C)cc2C)cc1OC. The van der Waals surface area contributed by atoms with Crippen molar-refractivity contribution in [3.05, 3.63) is 53.1 Å². The Labute approximate surface area is 175 Å². The van der Waals surface area contributed by atoms with Crippen molar-refractivity contribution < 1.29 is 28.6 Å². The molecular formula is C22H26N2O6. The molecule has 3 amide bonds. The third-order valence-corrected chi connectivity index (χ3v) is 4.31. The molecule has 8 nitrogen and oxygen atoms in total. The predicted molar refractivity (Wildman–Crippen MR) is 112 cm³/mol. The van der Waals surface area contributed by atoms with E-state index in [4.69, 9.17) is 14.2 Å². The number of anilines is 1. The number of urea groups is 1. The first kappa shape index (κ1) is 22.7. The number of benzene rings is 2. The van der Waals surface area contributed by atoms with Crippen LogP contribution in [0.5, 0.6) is 11.5 Å². The summed E-state index contributed by atoms with van der Waals surface area (Å²) >= 11 is 0. The second kappa shape index (κ2) is 10.8. The molecule has 0 fully saturated rings. The molecule has 0 aromatic heterocycles. The van der Waals surface area contributed by atoms with Crippen LogP contribution in [0.15, 0.2) is 36.4 Å². The molecular weight excluding hydrogens is 388 g/mol. The molecule has 0 saturated carbocycles. The zero-order valence-corrected chi connectivity index (χ0v) is 17.5. The summed E-state index contributed by atoms with van der Waals surface area (Å²) < 4.78 is 15.3. The van der Waals surface area contributed by atoms with Gasteiger partial charge in [0.05, 0.1) is 14.2 Å². The predicted octanol–water partition coefficient (Wildman–Crippen LogP) is 3.14. The van der Waals surface area contributed by atoms with Crippen molar-refractivity contribution in [2.24, 2.45) is 0 Å². The first-order chi connectivity index (χ1) is 14.3. The lowest BCUT2D eigenvalue weighted by atomic mass is 10.1. The lowest BCUT2D eigenvalue weighted by molar-refractivity contribution is -0.148. The summed E-state index contributed by atoms with van der Waals surface area (Å²) in [5, 5.41) is 4.72. The third kappa shape index (κ3) is 6.80. The fourth-order valence-corrected chi connectivity index (χ4v) is 2.77. The van der Waals surface area contributed by atoms with Crippen LogP contribution < -0.4 is 20.1 Å². The molecule has 2 rings (SSSR count). The number of amides is 3. The van der Waals surface area contributed by atoms with Crippen LogP contribution in [0, 0.1) is 13.8 Å². The number of hydrogen-bond acceptors (Lipinski definition) is 6. The molecule has 0 aliphatic carbocycles. The van der Waals surface area contributed by atoms with Gasteiger partial charge in [0.25, 0.3) is 5.91 Å². The van der Waals surface area contributed by atoms with Gasteiger partial charge in [0, 0.05) is 12.1 Å². The van der Waals surface area contributed by atoms with Gasteiger partial charge in [-0.3, -0.25) is 14.9 Å². The van der Waals surface area contributed by atoms with Gasteiger partial charge in [-0.25, -0.2) is 4.79 Å². The van der Waals surface area contributed by atoms with E-state index in [1.54, 1.807) is 25.3 Å². The van der Waals surface area contributed by atoms with Crippen LogP contribution in [0.4, 0.5) is 10.5 Å². The molecule has 0 heterocycles. The van der Waals surface area contributed by atoms with Crippen LogP contribution in [-0.2, 0) is 20.7 Å². The monoisotopic (exact) mass is 414 g/mol. The highest BCUT2D eigenvalue weighted by molar-refractivity contribution is 6.02. The number of nitrogens with one attached hydrogen (secondary N) is 2. The quantitative estimate of drug-likeness (QED) is 0.644. The molecule has 2 aromatic rings. The van der Waals surface area contributed by atoms with Crippen molar-refractivity contribution in [3.8, 4) is 11.5 Å². The Hall–Kier alpha value is -3.55. The Balaban J connectivity index is 1.75. The minimum atomic E-state index is -0.711. The standard InChI is InChI=1S/C22H26N2O6/c1-14-5-8-17(15(2)11-14)23-22(27)24-20(25)13-30-21(26)10-7-16-6-9-18(28-3)19(12-16)29-4/h5-6,8-9,11-12H,7,10,13H2,1-4H3,(H2,23,24,25,27). The maximum Gasteiger partial charge on any atom is 0.325 e. The second-order valence-corrected chi connectivity index (χ2v) is 6.67. The number of rotatable bonds is 8. The third-order valence-electron chi connectivity index (χ3n) is 4.31. The average molecular weight is 414 g/mol. The van der Waals surface area contributed by atoms with Gasteiger partial charge in [-0.2, -0.15) is 0 Å². The highest BCUT2D eigenvalue weighted by Crippen LogP contribution is 2.28. The molecule has 0 saturated heterocycles. The van der Waals surface area contributed by atoms with Crippen molar-refractivity contribution in [1.29, 1.82) is 0 Å². The van der Waals surface area contributed by atoms with Gasteiger partial charge in [0.15, 0.2) is 18.1 Å². The van der Waals surface area contributed by atoms with E-state index in [0.717, 1.165) is 16.7 Å². The molecule has 0 bridgehead atoms. The van der Waals surface area contributed by atoms with E-state index < -0.39 is 24.5 Å². The number of aryl methyl sites for hydroxylation is 3. The maximum atomic E-state index is 11.9.